The standard InChI is InChI=1S/C31H37ClN2O10S/c1-3-4-13-43-22-11-7-20(8-12-22)18-45-31(30(41)42-2)15-23(36)27(34-26(39)17-35)29(44-31)28(40)24(37)16-33-25(38)14-19-5-9-21(32)10-6-19/h1,5-12,23-24,27-29,35-37,40H,4,13-18H2,2H3,(H,33,38)(H,34,39)/t23-,24+,27+,28+,29+,31-/m0/s1. The third kappa shape index (κ3) is 10.3. The highest BCUT2D eigenvalue weighted by Crippen LogP contribution is 2.42. The minimum atomic E-state index is -1.86. The van der Waals surface area contributed by atoms with Gasteiger partial charge in [-0.25, -0.2) is 4.79 Å². The zero-order valence-electron chi connectivity index (χ0n) is 24.6. The van der Waals surface area contributed by atoms with Gasteiger partial charge in [0.05, 0.1) is 38.4 Å². The van der Waals surface area contributed by atoms with Gasteiger partial charge >= 0.3 is 5.97 Å². The molecule has 244 valence electrons. The van der Waals surface area contributed by atoms with Crippen molar-refractivity contribution in [3.8, 4) is 18.1 Å². The number of amides is 2. The number of carbonyl (C=O) groups excluding carboxylic acids is 3. The van der Waals surface area contributed by atoms with E-state index in [1.165, 1.54) is 0 Å². The SMILES string of the molecule is C#CCCOc1ccc(CS[C@]2(C(=O)OC)C[C@H](O)[C@@H](NC(=O)CO)[C@H]([C@H](O)[C@H](O)CNC(=O)Cc3ccc(Cl)cc3)O2)cc1. The molecule has 1 heterocycles. The zero-order chi connectivity index (χ0) is 33.0. The van der Waals surface area contributed by atoms with Crippen LogP contribution in [0.1, 0.15) is 24.0 Å². The molecular weight excluding hydrogens is 628 g/mol. The molecule has 2 aromatic rings. The quantitative estimate of drug-likeness (QED) is 0.0888. The number of aliphatic hydroxyl groups is 4. The van der Waals surface area contributed by atoms with Gasteiger partial charge in [-0.05, 0) is 35.4 Å². The first kappa shape index (κ1) is 36.1. The van der Waals surface area contributed by atoms with Gasteiger partial charge in [-0.1, -0.05) is 35.9 Å². The first-order valence-corrected chi connectivity index (χ1v) is 15.4. The number of rotatable bonds is 15. The lowest BCUT2D eigenvalue weighted by atomic mass is 9.89. The van der Waals surface area contributed by atoms with Gasteiger partial charge in [0.2, 0.25) is 16.7 Å². The molecule has 1 fully saturated rings. The van der Waals surface area contributed by atoms with E-state index in [2.05, 4.69) is 16.6 Å². The number of terminal acetylenes is 1. The monoisotopic (exact) mass is 664 g/mol. The first-order chi connectivity index (χ1) is 21.5. The summed E-state index contributed by atoms with van der Waals surface area (Å²) >= 11 is 6.86. The molecule has 14 heteroatoms. The Morgan fingerprint density at radius 3 is 2.42 bits per heavy atom. The third-order valence-electron chi connectivity index (χ3n) is 6.97. The van der Waals surface area contributed by atoms with Crippen LogP contribution in [0.15, 0.2) is 48.5 Å². The summed E-state index contributed by atoms with van der Waals surface area (Å²) in [5.74, 6) is 1.09. The fourth-order valence-electron chi connectivity index (χ4n) is 4.61. The Bertz CT molecular complexity index is 1320. The van der Waals surface area contributed by atoms with Gasteiger partial charge in [-0.15, -0.1) is 24.1 Å². The minimum absolute atomic E-state index is 0.0199. The molecule has 3 rings (SSSR count). The van der Waals surface area contributed by atoms with Crippen LogP contribution in [-0.4, -0.2) is 100 Å². The highest BCUT2D eigenvalue weighted by atomic mass is 35.5. The molecule has 6 atom stereocenters. The molecule has 0 bridgehead atoms. The van der Waals surface area contributed by atoms with Gasteiger partial charge in [0.25, 0.3) is 0 Å². The Morgan fingerprint density at radius 1 is 1.13 bits per heavy atom. The lowest BCUT2D eigenvalue weighted by molar-refractivity contribution is -0.205. The molecule has 12 nitrogen and oxygen atoms in total. The lowest BCUT2D eigenvalue weighted by Crippen LogP contribution is -2.67. The number of hydrogen-bond acceptors (Lipinski definition) is 11. The maximum absolute atomic E-state index is 13.1. The number of nitrogens with one attached hydrogen (secondary N) is 2. The van der Waals surface area contributed by atoms with Crippen LogP contribution in [0.2, 0.25) is 5.02 Å². The van der Waals surface area contributed by atoms with Crippen LogP contribution in [0, 0.1) is 12.3 Å². The van der Waals surface area contributed by atoms with Crippen molar-refractivity contribution < 1.29 is 49.0 Å². The number of aliphatic hydroxyl groups excluding tert-OH is 4. The summed E-state index contributed by atoms with van der Waals surface area (Å²) < 4.78 is 16.7. The molecule has 1 saturated heterocycles. The van der Waals surface area contributed by atoms with Crippen LogP contribution >= 0.6 is 23.4 Å². The molecule has 0 aromatic heterocycles. The average molecular weight is 665 g/mol. The maximum atomic E-state index is 13.1. The van der Waals surface area contributed by atoms with Crippen molar-refractivity contribution >= 4 is 41.1 Å². The van der Waals surface area contributed by atoms with E-state index in [9.17, 15) is 34.8 Å². The predicted molar refractivity (Wildman–Crippen MR) is 166 cm³/mol. The molecule has 0 spiro atoms. The van der Waals surface area contributed by atoms with Gasteiger partial charge in [-0.3, -0.25) is 9.59 Å². The smallest absolute Gasteiger partial charge is 0.348 e. The Labute approximate surface area is 270 Å². The van der Waals surface area contributed by atoms with Gasteiger partial charge < -0.3 is 45.3 Å². The van der Waals surface area contributed by atoms with Crippen LogP contribution in [0.5, 0.6) is 5.75 Å². The highest BCUT2D eigenvalue weighted by Gasteiger charge is 2.55. The molecule has 0 saturated carbocycles. The Morgan fingerprint density at radius 2 is 1.80 bits per heavy atom. The molecule has 45 heavy (non-hydrogen) atoms. The second-order valence-corrected chi connectivity index (χ2v) is 11.9. The van der Waals surface area contributed by atoms with E-state index in [0.29, 0.717) is 29.4 Å². The summed E-state index contributed by atoms with van der Waals surface area (Å²) in [4.78, 5) is 35.8. The van der Waals surface area contributed by atoms with Gasteiger partial charge in [0.1, 0.15) is 24.6 Å². The topological polar surface area (TPSA) is 184 Å². The molecule has 2 amide bonds. The predicted octanol–water partition coefficient (Wildman–Crippen LogP) is 0.552. The van der Waals surface area contributed by atoms with Crippen LogP contribution < -0.4 is 15.4 Å². The largest absolute Gasteiger partial charge is 0.493 e. The van der Waals surface area contributed by atoms with E-state index in [1.807, 2.05) is 0 Å². The van der Waals surface area contributed by atoms with Crippen LogP contribution in [-0.2, 0) is 36.0 Å². The molecule has 1 aliphatic rings. The normalized spacial score (nSPS) is 22.4. The summed E-state index contributed by atoms with van der Waals surface area (Å²) in [7, 11) is 1.14. The molecule has 2 aromatic carbocycles. The second-order valence-electron chi connectivity index (χ2n) is 10.3. The van der Waals surface area contributed by atoms with Crippen molar-refractivity contribution in [1.82, 2.24) is 10.6 Å². The van der Waals surface area contributed by atoms with E-state index in [4.69, 9.17) is 32.2 Å². The molecule has 0 aliphatic carbocycles. The van der Waals surface area contributed by atoms with Crippen molar-refractivity contribution in [2.45, 2.75) is 60.4 Å². The summed E-state index contributed by atoms with van der Waals surface area (Å²) in [5, 5.41) is 47.9. The molecule has 6 N–H and O–H groups in total. The van der Waals surface area contributed by atoms with Gasteiger partial charge in [-0.2, -0.15) is 0 Å². The van der Waals surface area contributed by atoms with E-state index >= 15 is 0 Å². The summed E-state index contributed by atoms with van der Waals surface area (Å²) in [6.07, 6.45) is -1.18. The zero-order valence-corrected chi connectivity index (χ0v) is 26.1. The lowest BCUT2D eigenvalue weighted by Gasteiger charge is -2.47. The average Bonchev–Trinajstić information content (AvgIpc) is 3.04. The maximum Gasteiger partial charge on any atom is 0.348 e. The number of halogens is 1. The molecular formula is C31H37ClN2O10S. The first-order valence-electron chi connectivity index (χ1n) is 14.0. The third-order valence-corrected chi connectivity index (χ3v) is 8.59. The Kier molecular flexibility index (Phi) is 13.9. The number of esters is 1. The summed E-state index contributed by atoms with van der Waals surface area (Å²) in [6.45, 7) is -0.982. The van der Waals surface area contributed by atoms with E-state index in [0.717, 1.165) is 24.4 Å². The molecule has 0 unspecified atom stereocenters. The van der Waals surface area contributed by atoms with Crippen molar-refractivity contribution in [2.24, 2.45) is 0 Å². The number of ether oxygens (including phenoxy) is 3. The van der Waals surface area contributed by atoms with E-state index < -0.39 is 66.3 Å². The van der Waals surface area contributed by atoms with Crippen molar-refractivity contribution in [1.29, 1.82) is 0 Å². The fraction of sp³-hybridized carbons (Fsp3) is 0.452. The van der Waals surface area contributed by atoms with Gasteiger partial charge in [0, 0.05) is 30.2 Å². The Hall–Kier alpha value is -3.35. The van der Waals surface area contributed by atoms with Crippen molar-refractivity contribution in [3.05, 3.63) is 64.7 Å². The van der Waals surface area contributed by atoms with E-state index in [-0.39, 0.29) is 18.6 Å². The summed E-state index contributed by atoms with van der Waals surface area (Å²) in [5.41, 5.74) is 1.44. The van der Waals surface area contributed by atoms with Crippen molar-refractivity contribution in [3.63, 3.8) is 0 Å². The molecule has 1 aliphatic heterocycles. The highest BCUT2D eigenvalue weighted by molar-refractivity contribution is 8.00. The number of carbonyl (C=O) groups is 3. The fourth-order valence-corrected chi connectivity index (χ4v) is 6.00. The number of benzene rings is 2. The number of methoxy groups -OCH3 is 1. The second kappa shape index (κ2) is 17.4. The van der Waals surface area contributed by atoms with E-state index in [1.54, 1.807) is 48.5 Å². The van der Waals surface area contributed by atoms with Crippen LogP contribution in [0.4, 0.5) is 0 Å². The Balaban J connectivity index is 1.76. The van der Waals surface area contributed by atoms with Gasteiger partial charge in [0.15, 0.2) is 0 Å². The van der Waals surface area contributed by atoms with Crippen molar-refractivity contribution in [2.75, 3.05) is 26.9 Å². The van der Waals surface area contributed by atoms with Crippen LogP contribution in [0.3, 0.4) is 0 Å². The summed E-state index contributed by atoms with van der Waals surface area (Å²) in [6, 6.07) is 12.3. The molecule has 0 radical (unpaired) electrons. The minimum Gasteiger partial charge on any atom is -0.493 e. The van der Waals surface area contributed by atoms with Crippen LogP contribution in [0.25, 0.3) is 0 Å². The number of hydrogen-bond donors (Lipinski definition) is 6. The number of thioether (sulfide) groups is 1.